The van der Waals surface area contributed by atoms with Crippen LogP contribution in [-0.2, 0) is 65.4 Å². The summed E-state index contributed by atoms with van der Waals surface area (Å²) in [4.78, 5) is 73.1. The highest BCUT2D eigenvalue weighted by molar-refractivity contribution is 7.47. The number of aliphatic hydroxyl groups excluding tert-OH is 1. The summed E-state index contributed by atoms with van der Waals surface area (Å²) in [5.74, 6) is -1.38. The van der Waals surface area contributed by atoms with Crippen LogP contribution >= 0.6 is 15.6 Å². The molecule has 5 atom stereocenters. The van der Waals surface area contributed by atoms with E-state index in [4.69, 9.17) is 37.0 Å². The van der Waals surface area contributed by atoms with E-state index in [1.54, 1.807) is 0 Å². The molecule has 0 amide bonds. The Balaban J connectivity index is 5.24. The highest BCUT2D eigenvalue weighted by Gasteiger charge is 2.30. The average molecular weight is 1480 g/mol. The molecule has 0 aliphatic carbocycles. The molecule has 19 heteroatoms. The average Bonchev–Trinajstić information content (AvgIpc) is 0.974. The minimum Gasteiger partial charge on any atom is -0.462 e. The minimum atomic E-state index is -4.96. The number of carbonyl (C=O) groups is 4. The third-order valence-electron chi connectivity index (χ3n) is 19.3. The zero-order chi connectivity index (χ0) is 74.1. The Kier molecular flexibility index (Phi) is 73.5. The number of hydrogen-bond donors (Lipinski definition) is 3. The van der Waals surface area contributed by atoms with Gasteiger partial charge in [-0.2, -0.15) is 0 Å². The van der Waals surface area contributed by atoms with Crippen LogP contribution < -0.4 is 0 Å². The van der Waals surface area contributed by atoms with Crippen LogP contribution in [0.25, 0.3) is 0 Å². The number of rotatable bonds is 82. The van der Waals surface area contributed by atoms with Gasteiger partial charge in [-0.25, -0.2) is 9.13 Å². The summed E-state index contributed by atoms with van der Waals surface area (Å²) in [7, 11) is -9.92. The summed E-state index contributed by atoms with van der Waals surface area (Å²) in [6.07, 6.45) is 66.6. The van der Waals surface area contributed by atoms with Gasteiger partial charge in [0.15, 0.2) is 12.2 Å². The molecular weight excluding hydrogens is 1320 g/mol. The van der Waals surface area contributed by atoms with E-state index in [-0.39, 0.29) is 25.7 Å². The van der Waals surface area contributed by atoms with Crippen molar-refractivity contribution >= 4 is 39.5 Å². The SMILES string of the molecule is CCCCCCCCCCCCCCCCCCCCCC(=O)O[C@H](COC(=O)CCCCCCCCCCCCCCCCCCCC)COP(=O)(O)OC[C@@H](O)COP(=O)(O)OC[C@@H](COC(=O)CCCCCCCCCCC(C)C)OC(=O)CCCCCCCCCCCCCCC. The molecule has 3 N–H and O–H groups in total. The Labute approximate surface area is 619 Å². The third kappa shape index (κ3) is 76.1. The van der Waals surface area contributed by atoms with Gasteiger partial charge in [0.2, 0.25) is 0 Å². The van der Waals surface area contributed by atoms with Crippen LogP contribution in [0.1, 0.15) is 439 Å². The fourth-order valence-corrected chi connectivity index (χ4v) is 14.3. The van der Waals surface area contributed by atoms with Gasteiger partial charge in [-0.15, -0.1) is 0 Å². The summed E-state index contributed by atoms with van der Waals surface area (Å²) in [6.45, 7) is 7.31. The van der Waals surface area contributed by atoms with Crippen molar-refractivity contribution in [1.29, 1.82) is 0 Å². The molecular formula is C82H160O17P2. The first kappa shape index (κ1) is 99.1. The van der Waals surface area contributed by atoms with Gasteiger partial charge in [0.05, 0.1) is 26.4 Å². The fraction of sp³-hybridized carbons (Fsp3) is 0.951. The molecule has 0 aliphatic heterocycles. The van der Waals surface area contributed by atoms with Crippen molar-refractivity contribution in [2.24, 2.45) is 5.92 Å². The van der Waals surface area contributed by atoms with Gasteiger partial charge in [-0.3, -0.25) is 37.3 Å². The summed E-state index contributed by atoms with van der Waals surface area (Å²) in [5.41, 5.74) is 0. The molecule has 17 nitrogen and oxygen atoms in total. The van der Waals surface area contributed by atoms with Crippen LogP contribution in [0.15, 0.2) is 0 Å². The van der Waals surface area contributed by atoms with Crippen molar-refractivity contribution in [2.45, 2.75) is 457 Å². The molecule has 0 saturated heterocycles. The van der Waals surface area contributed by atoms with Gasteiger partial charge in [-0.1, -0.05) is 388 Å². The number of unbranched alkanes of at least 4 members (excludes halogenated alkanes) is 54. The molecule has 0 rings (SSSR count). The fourth-order valence-electron chi connectivity index (χ4n) is 12.8. The molecule has 2 unspecified atom stereocenters. The minimum absolute atomic E-state index is 0.108. The zero-order valence-corrected chi connectivity index (χ0v) is 67.8. The Morgan fingerprint density at radius 3 is 0.673 bits per heavy atom. The highest BCUT2D eigenvalue weighted by atomic mass is 31.2. The van der Waals surface area contributed by atoms with E-state index in [1.807, 2.05) is 0 Å². The lowest BCUT2D eigenvalue weighted by molar-refractivity contribution is -0.161. The molecule has 0 aromatic carbocycles. The molecule has 0 aromatic heterocycles. The van der Waals surface area contributed by atoms with Crippen molar-refractivity contribution in [1.82, 2.24) is 0 Å². The predicted octanol–water partition coefficient (Wildman–Crippen LogP) is 24.8. The lowest BCUT2D eigenvalue weighted by Crippen LogP contribution is -2.30. The lowest BCUT2D eigenvalue weighted by atomic mass is 10.0. The maximum atomic E-state index is 13.1. The summed E-state index contributed by atoms with van der Waals surface area (Å²) >= 11 is 0. The molecule has 0 heterocycles. The second kappa shape index (κ2) is 74.9. The van der Waals surface area contributed by atoms with E-state index in [9.17, 15) is 43.2 Å². The van der Waals surface area contributed by atoms with E-state index in [2.05, 4.69) is 34.6 Å². The number of phosphoric ester groups is 2. The van der Waals surface area contributed by atoms with Gasteiger partial charge < -0.3 is 33.8 Å². The number of esters is 4. The number of phosphoric acid groups is 2. The highest BCUT2D eigenvalue weighted by Crippen LogP contribution is 2.45. The Morgan fingerprint density at radius 1 is 0.267 bits per heavy atom. The second-order valence-corrected chi connectivity index (χ2v) is 32.9. The van der Waals surface area contributed by atoms with Gasteiger partial charge in [0.25, 0.3) is 0 Å². The molecule has 0 radical (unpaired) electrons. The Bertz CT molecular complexity index is 1930. The first-order valence-electron chi connectivity index (χ1n) is 42.6. The van der Waals surface area contributed by atoms with Crippen molar-refractivity contribution in [3.63, 3.8) is 0 Å². The van der Waals surface area contributed by atoms with Gasteiger partial charge in [0.1, 0.15) is 19.3 Å². The van der Waals surface area contributed by atoms with E-state index in [1.165, 1.54) is 263 Å². The smallest absolute Gasteiger partial charge is 0.462 e. The Morgan fingerprint density at radius 2 is 0.455 bits per heavy atom. The predicted molar refractivity (Wildman–Crippen MR) is 414 cm³/mol. The van der Waals surface area contributed by atoms with Crippen molar-refractivity contribution in [3.05, 3.63) is 0 Å². The molecule has 0 aromatic rings. The van der Waals surface area contributed by atoms with Crippen molar-refractivity contribution in [2.75, 3.05) is 39.6 Å². The summed E-state index contributed by atoms with van der Waals surface area (Å²) in [6, 6.07) is 0. The van der Waals surface area contributed by atoms with E-state index >= 15 is 0 Å². The molecule has 0 bridgehead atoms. The maximum Gasteiger partial charge on any atom is 0.472 e. The quantitative estimate of drug-likeness (QED) is 0.0222. The summed E-state index contributed by atoms with van der Waals surface area (Å²) in [5, 5.41) is 10.6. The van der Waals surface area contributed by atoms with E-state index in [0.717, 1.165) is 95.8 Å². The lowest BCUT2D eigenvalue weighted by Gasteiger charge is -2.21. The van der Waals surface area contributed by atoms with E-state index < -0.39 is 97.5 Å². The molecule has 0 spiro atoms. The van der Waals surface area contributed by atoms with Crippen molar-refractivity contribution in [3.8, 4) is 0 Å². The van der Waals surface area contributed by atoms with Crippen LogP contribution in [0.3, 0.4) is 0 Å². The standard InChI is InChI=1S/C82H160O17P2/c1-6-9-12-15-18-21-24-27-29-31-33-35-37-40-43-46-53-58-63-68-82(87)98-77(71-92-79(84)65-60-55-50-44-41-39-36-34-32-30-28-25-22-19-16-13-10-7-2)73-96-100(88,89)94-69-76(83)70-95-101(90,91)97-74-78(72-93-80(85)66-61-56-51-48-47-49-54-59-64-75(4)5)99-81(86)67-62-57-52-45-42-38-26-23-20-17-14-11-8-3/h75-78,83H,6-74H2,1-5H3,(H,88,89)(H,90,91)/t76-,77-,78-/m1/s1. The largest absolute Gasteiger partial charge is 0.472 e. The maximum absolute atomic E-state index is 13.1. The van der Waals surface area contributed by atoms with Gasteiger partial charge in [0, 0.05) is 25.7 Å². The third-order valence-corrected chi connectivity index (χ3v) is 21.2. The van der Waals surface area contributed by atoms with Crippen LogP contribution in [0, 0.1) is 5.92 Å². The molecule has 600 valence electrons. The number of carbonyl (C=O) groups excluding carboxylic acids is 4. The van der Waals surface area contributed by atoms with Crippen molar-refractivity contribution < 1.29 is 80.2 Å². The van der Waals surface area contributed by atoms with Crippen LogP contribution in [0.4, 0.5) is 0 Å². The first-order valence-corrected chi connectivity index (χ1v) is 45.6. The molecule has 0 fully saturated rings. The van der Waals surface area contributed by atoms with Gasteiger partial charge in [-0.05, 0) is 31.6 Å². The van der Waals surface area contributed by atoms with Crippen LogP contribution in [-0.4, -0.2) is 96.7 Å². The normalized spacial score (nSPS) is 13.8. The second-order valence-electron chi connectivity index (χ2n) is 30.0. The molecule has 0 aliphatic rings. The summed E-state index contributed by atoms with van der Waals surface area (Å²) < 4.78 is 68.8. The number of ether oxygens (including phenoxy) is 4. The first-order chi connectivity index (χ1) is 49.0. The molecule has 101 heavy (non-hydrogen) atoms. The van der Waals surface area contributed by atoms with Gasteiger partial charge >= 0.3 is 39.5 Å². The monoisotopic (exact) mass is 1480 g/mol. The molecule has 0 saturated carbocycles. The number of aliphatic hydroxyl groups is 1. The topological polar surface area (TPSA) is 237 Å². The van der Waals surface area contributed by atoms with Crippen LogP contribution in [0.5, 0.6) is 0 Å². The van der Waals surface area contributed by atoms with Crippen LogP contribution in [0.2, 0.25) is 0 Å². The number of hydrogen-bond acceptors (Lipinski definition) is 15. The Hall–Kier alpha value is -1.94. The van der Waals surface area contributed by atoms with E-state index in [0.29, 0.717) is 25.7 Å². The zero-order valence-electron chi connectivity index (χ0n) is 66.1.